The zero-order chi connectivity index (χ0) is 10.7. The Morgan fingerprint density at radius 2 is 1.64 bits per heavy atom. The molecule has 0 saturated carbocycles. The lowest BCUT2D eigenvalue weighted by Crippen LogP contribution is -2.37. The molecule has 14 heavy (non-hydrogen) atoms. The molecule has 1 aromatic heterocycles. The minimum absolute atomic E-state index is 0.410. The van der Waals surface area contributed by atoms with Crippen LogP contribution in [0.2, 0.25) is 0 Å². The molecule has 0 unspecified atom stereocenters. The molecule has 0 bridgehead atoms. The van der Waals surface area contributed by atoms with Gasteiger partial charge in [0.15, 0.2) is 5.82 Å². The van der Waals surface area contributed by atoms with Crippen LogP contribution in [0.1, 0.15) is 27.7 Å². The van der Waals surface area contributed by atoms with Gasteiger partial charge in [-0.25, -0.2) is 0 Å². The molecule has 0 saturated heterocycles. The molecule has 0 aliphatic rings. The average Bonchev–Trinajstić information content (AvgIpc) is 2.07. The second-order valence-corrected chi connectivity index (χ2v) is 3.91. The Morgan fingerprint density at radius 3 is 2.00 bits per heavy atom. The fourth-order valence-electron chi connectivity index (χ4n) is 1.60. The third kappa shape index (κ3) is 2.34. The first kappa shape index (κ1) is 10.8. The summed E-state index contributed by atoms with van der Waals surface area (Å²) in [6, 6.07) is 4.50. The van der Waals surface area contributed by atoms with Crippen molar-refractivity contribution >= 4 is 11.6 Å². The molecule has 0 aliphatic carbocycles. The fraction of sp³-hybridized carbons (Fsp3) is 0.600. The topological polar surface area (TPSA) is 55.0 Å². The largest absolute Gasteiger partial charge is 0.382 e. The number of anilines is 2. The van der Waals surface area contributed by atoms with E-state index in [1.54, 1.807) is 6.07 Å². The van der Waals surface area contributed by atoms with Gasteiger partial charge in [0.25, 0.3) is 0 Å². The molecule has 4 heteroatoms. The zero-order valence-corrected chi connectivity index (χ0v) is 9.23. The highest BCUT2D eigenvalue weighted by Crippen LogP contribution is 2.16. The lowest BCUT2D eigenvalue weighted by atomic mass is 10.2. The Kier molecular flexibility index (Phi) is 3.28. The second-order valence-electron chi connectivity index (χ2n) is 3.91. The monoisotopic (exact) mass is 194 g/mol. The molecule has 0 spiro atoms. The Bertz CT molecular complexity index is 271. The van der Waals surface area contributed by atoms with E-state index >= 15 is 0 Å². The standard InChI is InChI=1S/C10H18N4/c1-7(2)14(8(3)4)10-6-5-9(11)12-13-10/h5-8H,1-4H3,(H2,11,12). The van der Waals surface area contributed by atoms with E-state index in [1.165, 1.54) is 0 Å². The van der Waals surface area contributed by atoms with Gasteiger partial charge in [-0.2, -0.15) is 0 Å². The molecule has 1 heterocycles. The van der Waals surface area contributed by atoms with Crippen molar-refractivity contribution in [1.29, 1.82) is 0 Å². The first-order chi connectivity index (χ1) is 6.52. The number of nitrogens with two attached hydrogens (primary N) is 1. The first-order valence-corrected chi connectivity index (χ1v) is 4.90. The van der Waals surface area contributed by atoms with Crippen LogP contribution in [-0.2, 0) is 0 Å². The smallest absolute Gasteiger partial charge is 0.151 e. The van der Waals surface area contributed by atoms with Gasteiger partial charge in [0.2, 0.25) is 0 Å². The highest BCUT2D eigenvalue weighted by atomic mass is 15.3. The Balaban J connectivity index is 2.94. The van der Waals surface area contributed by atoms with Gasteiger partial charge in [0.05, 0.1) is 0 Å². The third-order valence-corrected chi connectivity index (χ3v) is 2.05. The number of rotatable bonds is 3. The van der Waals surface area contributed by atoms with Crippen LogP contribution in [0.3, 0.4) is 0 Å². The summed E-state index contributed by atoms with van der Waals surface area (Å²) in [5, 5.41) is 7.92. The molecule has 1 rings (SSSR count). The van der Waals surface area contributed by atoms with Crippen LogP contribution < -0.4 is 10.6 Å². The van der Waals surface area contributed by atoms with E-state index in [-0.39, 0.29) is 0 Å². The maximum Gasteiger partial charge on any atom is 0.151 e. The summed E-state index contributed by atoms with van der Waals surface area (Å²) in [7, 11) is 0. The predicted molar refractivity (Wildman–Crippen MR) is 59.2 cm³/mol. The Labute approximate surface area is 85.1 Å². The summed E-state index contributed by atoms with van der Waals surface area (Å²) < 4.78 is 0. The van der Waals surface area contributed by atoms with Crippen LogP contribution in [0.25, 0.3) is 0 Å². The quantitative estimate of drug-likeness (QED) is 0.795. The molecule has 0 atom stereocenters. The Morgan fingerprint density at radius 1 is 1.07 bits per heavy atom. The van der Waals surface area contributed by atoms with E-state index in [0.717, 1.165) is 5.82 Å². The van der Waals surface area contributed by atoms with Crippen LogP contribution in [0.5, 0.6) is 0 Å². The van der Waals surface area contributed by atoms with Gasteiger partial charge in [-0.1, -0.05) is 0 Å². The van der Waals surface area contributed by atoms with Crippen molar-refractivity contribution in [2.45, 2.75) is 39.8 Å². The second kappa shape index (κ2) is 4.26. The lowest BCUT2D eigenvalue weighted by Gasteiger charge is -2.31. The Hall–Kier alpha value is -1.32. The normalized spacial score (nSPS) is 11.0. The number of hydrogen-bond acceptors (Lipinski definition) is 4. The SMILES string of the molecule is CC(C)N(c1ccc(N)nn1)C(C)C. The summed E-state index contributed by atoms with van der Waals surface area (Å²) in [5.74, 6) is 1.34. The highest BCUT2D eigenvalue weighted by molar-refractivity contribution is 5.42. The molecule has 0 amide bonds. The van der Waals surface area contributed by atoms with Crippen LogP contribution in [0, 0.1) is 0 Å². The van der Waals surface area contributed by atoms with E-state index < -0.39 is 0 Å². The summed E-state index contributed by atoms with van der Waals surface area (Å²) >= 11 is 0. The molecule has 0 fully saturated rings. The molecule has 2 N–H and O–H groups in total. The molecular formula is C10H18N4. The minimum Gasteiger partial charge on any atom is -0.382 e. The predicted octanol–water partition coefficient (Wildman–Crippen LogP) is 1.68. The van der Waals surface area contributed by atoms with Gasteiger partial charge in [-0.15, -0.1) is 10.2 Å². The molecule has 0 radical (unpaired) electrons. The van der Waals surface area contributed by atoms with E-state index in [9.17, 15) is 0 Å². The van der Waals surface area contributed by atoms with Crippen LogP contribution in [0.15, 0.2) is 12.1 Å². The lowest BCUT2D eigenvalue weighted by molar-refractivity contribution is 0.596. The van der Waals surface area contributed by atoms with Gasteiger partial charge in [0, 0.05) is 12.1 Å². The van der Waals surface area contributed by atoms with Gasteiger partial charge < -0.3 is 10.6 Å². The van der Waals surface area contributed by atoms with Gasteiger partial charge >= 0.3 is 0 Å². The average molecular weight is 194 g/mol. The van der Waals surface area contributed by atoms with Crippen molar-refractivity contribution in [1.82, 2.24) is 10.2 Å². The van der Waals surface area contributed by atoms with Crippen molar-refractivity contribution in [3.05, 3.63) is 12.1 Å². The van der Waals surface area contributed by atoms with E-state index in [4.69, 9.17) is 5.73 Å². The number of hydrogen-bond donors (Lipinski definition) is 1. The molecular weight excluding hydrogens is 176 g/mol. The molecule has 1 aromatic rings. The van der Waals surface area contributed by atoms with E-state index in [0.29, 0.717) is 17.9 Å². The number of nitrogen functional groups attached to an aromatic ring is 1. The number of nitrogens with zero attached hydrogens (tertiary/aromatic N) is 3. The fourth-order valence-corrected chi connectivity index (χ4v) is 1.60. The van der Waals surface area contributed by atoms with E-state index in [1.807, 2.05) is 6.07 Å². The first-order valence-electron chi connectivity index (χ1n) is 4.90. The van der Waals surface area contributed by atoms with E-state index in [2.05, 4.69) is 42.8 Å². The van der Waals surface area contributed by atoms with Crippen molar-refractivity contribution in [3.63, 3.8) is 0 Å². The summed E-state index contributed by atoms with van der Waals surface area (Å²) in [6.07, 6.45) is 0. The van der Waals surface area contributed by atoms with Crippen LogP contribution in [0.4, 0.5) is 11.6 Å². The van der Waals surface area contributed by atoms with Crippen LogP contribution >= 0.6 is 0 Å². The maximum absolute atomic E-state index is 5.49. The molecule has 4 nitrogen and oxygen atoms in total. The summed E-state index contributed by atoms with van der Waals surface area (Å²) in [4.78, 5) is 2.20. The van der Waals surface area contributed by atoms with Gasteiger partial charge in [-0.3, -0.25) is 0 Å². The minimum atomic E-state index is 0.410. The van der Waals surface area contributed by atoms with Crippen molar-refractivity contribution in [2.24, 2.45) is 0 Å². The summed E-state index contributed by atoms with van der Waals surface area (Å²) in [6.45, 7) is 8.55. The molecule has 0 aromatic carbocycles. The third-order valence-electron chi connectivity index (χ3n) is 2.05. The summed E-state index contributed by atoms with van der Waals surface area (Å²) in [5.41, 5.74) is 5.49. The maximum atomic E-state index is 5.49. The van der Waals surface area contributed by atoms with Crippen LogP contribution in [-0.4, -0.2) is 22.3 Å². The molecule has 0 aliphatic heterocycles. The highest BCUT2D eigenvalue weighted by Gasteiger charge is 2.15. The van der Waals surface area contributed by atoms with Crippen molar-refractivity contribution in [3.8, 4) is 0 Å². The molecule has 78 valence electrons. The van der Waals surface area contributed by atoms with Gasteiger partial charge in [0.1, 0.15) is 5.82 Å². The zero-order valence-electron chi connectivity index (χ0n) is 9.23. The van der Waals surface area contributed by atoms with Crippen molar-refractivity contribution in [2.75, 3.05) is 10.6 Å². The van der Waals surface area contributed by atoms with Crippen molar-refractivity contribution < 1.29 is 0 Å². The van der Waals surface area contributed by atoms with Gasteiger partial charge in [-0.05, 0) is 39.8 Å². The number of aromatic nitrogens is 2.